The molecule has 0 aliphatic rings. The quantitative estimate of drug-likeness (QED) is 0.294. The normalized spacial score (nSPS) is 14.8. The summed E-state index contributed by atoms with van der Waals surface area (Å²) < 4.78 is 0.897. The van der Waals surface area contributed by atoms with Crippen molar-refractivity contribution in [1.29, 1.82) is 0 Å². The van der Waals surface area contributed by atoms with E-state index in [1.807, 2.05) is 12.2 Å². The van der Waals surface area contributed by atoms with Crippen LogP contribution in [0.2, 0.25) is 0 Å². The van der Waals surface area contributed by atoms with Gasteiger partial charge in [0.05, 0.1) is 12.2 Å². The molecule has 0 rings (SSSR count). The number of carboxylic acid groups (broad SMARTS) is 1. The molecule has 6 heteroatoms. The van der Waals surface area contributed by atoms with Crippen LogP contribution in [-0.2, 0) is 4.79 Å². The fourth-order valence-corrected chi connectivity index (χ4v) is 2.43. The molecule has 122 valence electrons. The van der Waals surface area contributed by atoms with Gasteiger partial charge in [0.1, 0.15) is 0 Å². The summed E-state index contributed by atoms with van der Waals surface area (Å²) in [4.78, 5) is 12.0. The Balaban J connectivity index is 4.01. The van der Waals surface area contributed by atoms with E-state index in [1.54, 1.807) is 4.99 Å². The van der Waals surface area contributed by atoms with E-state index in [4.69, 9.17) is 5.11 Å². The molecule has 0 saturated heterocycles. The lowest BCUT2D eigenvalue weighted by Gasteiger charge is -2.12. The first-order valence-corrected chi connectivity index (χ1v) is 8.53. The van der Waals surface area contributed by atoms with Crippen LogP contribution in [0, 0.1) is 11.8 Å². The molecule has 0 amide bonds. The maximum absolute atomic E-state index is 10.3. The Labute approximate surface area is 147 Å². The molecule has 0 aromatic carbocycles. The van der Waals surface area contributed by atoms with Crippen LogP contribution in [0.15, 0.2) is 33.8 Å². The molecule has 3 N–H and O–H groups in total. The third kappa shape index (κ3) is 12.8. The SMILES string of the molecule is O=C(O)CCCC#CC=CC(O)C(O)CCC=C(Br)C=CBr. The molecule has 2 atom stereocenters. The average molecular weight is 436 g/mol. The smallest absolute Gasteiger partial charge is 0.303 e. The van der Waals surface area contributed by atoms with Gasteiger partial charge in [-0.15, -0.1) is 0 Å². The highest BCUT2D eigenvalue weighted by atomic mass is 79.9. The molecule has 0 aromatic heterocycles. The van der Waals surface area contributed by atoms with Gasteiger partial charge in [-0.05, 0) is 42.5 Å². The molecule has 0 aromatic rings. The van der Waals surface area contributed by atoms with E-state index < -0.39 is 18.2 Å². The van der Waals surface area contributed by atoms with Gasteiger partial charge in [0.25, 0.3) is 0 Å². The Kier molecular flexibility index (Phi) is 13.2. The zero-order valence-electron chi connectivity index (χ0n) is 12.1. The van der Waals surface area contributed by atoms with E-state index in [9.17, 15) is 15.0 Å². The number of allylic oxidation sites excluding steroid dienone is 4. The number of hydrogen-bond donors (Lipinski definition) is 3. The summed E-state index contributed by atoms with van der Waals surface area (Å²) in [6, 6.07) is 0. The molecule has 0 fully saturated rings. The largest absolute Gasteiger partial charge is 0.481 e. The number of carboxylic acids is 1. The number of hydrogen-bond acceptors (Lipinski definition) is 3. The molecule has 0 spiro atoms. The monoisotopic (exact) mass is 434 g/mol. The highest BCUT2D eigenvalue weighted by molar-refractivity contribution is 9.12. The van der Waals surface area contributed by atoms with Crippen LogP contribution < -0.4 is 0 Å². The van der Waals surface area contributed by atoms with Crippen LogP contribution in [0.25, 0.3) is 0 Å². The Hall–Kier alpha value is -0.870. The highest BCUT2D eigenvalue weighted by Crippen LogP contribution is 2.12. The van der Waals surface area contributed by atoms with E-state index in [0.717, 1.165) is 4.48 Å². The second kappa shape index (κ2) is 13.8. The molecule has 0 saturated carbocycles. The van der Waals surface area contributed by atoms with Gasteiger partial charge >= 0.3 is 5.97 Å². The molecule has 2 unspecified atom stereocenters. The molecule has 0 aliphatic heterocycles. The average Bonchev–Trinajstić information content (AvgIpc) is 2.45. The molecule has 0 radical (unpaired) electrons. The van der Waals surface area contributed by atoms with Crippen molar-refractivity contribution in [2.45, 2.75) is 44.3 Å². The lowest BCUT2D eigenvalue weighted by Crippen LogP contribution is -2.23. The minimum Gasteiger partial charge on any atom is -0.481 e. The molecule has 4 nitrogen and oxygen atoms in total. The summed E-state index contributed by atoms with van der Waals surface area (Å²) in [7, 11) is 0. The van der Waals surface area contributed by atoms with E-state index in [0.29, 0.717) is 25.7 Å². The van der Waals surface area contributed by atoms with Gasteiger partial charge < -0.3 is 15.3 Å². The van der Waals surface area contributed by atoms with E-state index in [1.165, 1.54) is 12.2 Å². The molecule has 0 aliphatic carbocycles. The van der Waals surface area contributed by atoms with Crippen molar-refractivity contribution in [3.8, 4) is 11.8 Å². The minimum atomic E-state index is -0.966. The lowest BCUT2D eigenvalue weighted by atomic mass is 10.1. The summed E-state index contributed by atoms with van der Waals surface area (Å²) in [5.41, 5.74) is 0. The summed E-state index contributed by atoms with van der Waals surface area (Å²) >= 11 is 6.50. The standard InChI is InChI=1S/C16H20Br2O4/c17-12-11-13(18)7-6-9-15(20)14(19)8-4-2-1-3-5-10-16(21)22/h4,7-8,11-12,14-15,19-20H,3,5-6,9-10H2,(H,21,22). The van der Waals surface area contributed by atoms with Gasteiger partial charge in [-0.1, -0.05) is 49.8 Å². The van der Waals surface area contributed by atoms with Crippen LogP contribution in [0.1, 0.15) is 32.1 Å². The third-order valence-corrected chi connectivity index (χ3v) is 3.44. The van der Waals surface area contributed by atoms with E-state index in [-0.39, 0.29) is 6.42 Å². The van der Waals surface area contributed by atoms with Crippen molar-refractivity contribution < 1.29 is 20.1 Å². The third-order valence-electron chi connectivity index (χ3n) is 2.59. The summed E-state index contributed by atoms with van der Waals surface area (Å²) in [6.07, 6.45) is 6.99. The molecular formula is C16H20Br2O4. The van der Waals surface area contributed by atoms with Crippen LogP contribution >= 0.6 is 31.9 Å². The fourth-order valence-electron chi connectivity index (χ4n) is 1.43. The van der Waals surface area contributed by atoms with Crippen LogP contribution in [0.5, 0.6) is 0 Å². The zero-order valence-corrected chi connectivity index (χ0v) is 15.3. The summed E-state index contributed by atoms with van der Waals surface area (Å²) in [5, 5.41) is 28.0. The molecule has 22 heavy (non-hydrogen) atoms. The Bertz CT molecular complexity index is 472. The first-order valence-electron chi connectivity index (χ1n) is 6.82. The number of aliphatic carboxylic acids is 1. The summed E-state index contributed by atoms with van der Waals surface area (Å²) in [6.45, 7) is 0. The van der Waals surface area contributed by atoms with Gasteiger partial charge in [0.15, 0.2) is 0 Å². The topological polar surface area (TPSA) is 77.8 Å². The predicted octanol–water partition coefficient (Wildman–Crippen LogP) is 3.49. The maximum atomic E-state index is 10.3. The van der Waals surface area contributed by atoms with Gasteiger partial charge in [0, 0.05) is 17.3 Å². The van der Waals surface area contributed by atoms with Gasteiger partial charge in [-0.2, -0.15) is 0 Å². The number of aliphatic hydroxyl groups is 2. The van der Waals surface area contributed by atoms with Crippen molar-refractivity contribution in [3.63, 3.8) is 0 Å². The lowest BCUT2D eigenvalue weighted by molar-refractivity contribution is -0.137. The Morgan fingerprint density at radius 1 is 1.32 bits per heavy atom. The highest BCUT2D eigenvalue weighted by Gasteiger charge is 2.11. The number of halogens is 2. The second-order valence-corrected chi connectivity index (χ2v) is 5.89. The summed E-state index contributed by atoms with van der Waals surface area (Å²) in [5.74, 6) is 4.66. The zero-order chi connectivity index (χ0) is 16.8. The van der Waals surface area contributed by atoms with Gasteiger partial charge in [-0.3, -0.25) is 4.79 Å². The Morgan fingerprint density at radius 2 is 2.05 bits per heavy atom. The first kappa shape index (κ1) is 21.1. The maximum Gasteiger partial charge on any atom is 0.303 e. The van der Waals surface area contributed by atoms with Crippen molar-refractivity contribution in [2.24, 2.45) is 0 Å². The molecular weight excluding hydrogens is 416 g/mol. The van der Waals surface area contributed by atoms with Crippen molar-refractivity contribution in [2.75, 3.05) is 0 Å². The first-order chi connectivity index (χ1) is 10.5. The van der Waals surface area contributed by atoms with Gasteiger partial charge in [-0.25, -0.2) is 0 Å². The van der Waals surface area contributed by atoms with Crippen molar-refractivity contribution in [1.82, 2.24) is 0 Å². The molecule has 0 bridgehead atoms. The predicted molar refractivity (Wildman–Crippen MR) is 94.7 cm³/mol. The van der Waals surface area contributed by atoms with Crippen LogP contribution in [0.3, 0.4) is 0 Å². The van der Waals surface area contributed by atoms with Crippen molar-refractivity contribution in [3.05, 3.63) is 33.8 Å². The van der Waals surface area contributed by atoms with Crippen LogP contribution in [-0.4, -0.2) is 33.5 Å². The number of unbranched alkanes of at least 4 members (excludes halogenated alkanes) is 1. The second-order valence-electron chi connectivity index (χ2n) is 4.44. The Morgan fingerprint density at radius 3 is 2.68 bits per heavy atom. The van der Waals surface area contributed by atoms with E-state index in [2.05, 4.69) is 43.7 Å². The van der Waals surface area contributed by atoms with Gasteiger partial charge in [0.2, 0.25) is 0 Å². The van der Waals surface area contributed by atoms with E-state index >= 15 is 0 Å². The minimum absolute atomic E-state index is 0.104. The fraction of sp³-hybridized carbons (Fsp3) is 0.438. The number of carbonyl (C=O) groups is 1. The van der Waals surface area contributed by atoms with Crippen molar-refractivity contribution >= 4 is 37.8 Å². The number of rotatable bonds is 9. The van der Waals surface area contributed by atoms with Crippen LogP contribution in [0.4, 0.5) is 0 Å². The molecule has 0 heterocycles. The number of aliphatic hydroxyl groups excluding tert-OH is 2.